The zero-order valence-electron chi connectivity index (χ0n) is 19.0. The Bertz CT molecular complexity index is 1250. The molecular formula is C26H28N4O2. The van der Waals surface area contributed by atoms with Crippen molar-refractivity contribution in [3.8, 4) is 28.5 Å². The maximum Gasteiger partial charge on any atom is 0.191 e. The van der Waals surface area contributed by atoms with E-state index in [9.17, 15) is 0 Å². The minimum atomic E-state index is 0.266. The summed E-state index contributed by atoms with van der Waals surface area (Å²) in [6.07, 6.45) is 3.92. The number of fused-ring (bicyclic) bond motifs is 1. The van der Waals surface area contributed by atoms with Crippen molar-refractivity contribution in [3.05, 3.63) is 71.5 Å². The first kappa shape index (κ1) is 20.5. The van der Waals surface area contributed by atoms with Crippen molar-refractivity contribution < 1.29 is 9.15 Å². The van der Waals surface area contributed by atoms with Gasteiger partial charge in [-0.15, -0.1) is 10.2 Å². The number of hydrogen-bond donors (Lipinski definition) is 0. The first-order valence-corrected chi connectivity index (χ1v) is 11.2. The topological polar surface area (TPSA) is 66.0 Å². The van der Waals surface area contributed by atoms with E-state index in [1.807, 2.05) is 19.1 Å². The van der Waals surface area contributed by atoms with Gasteiger partial charge in [0.05, 0.1) is 18.9 Å². The van der Waals surface area contributed by atoms with Crippen LogP contribution in [0.1, 0.15) is 61.4 Å². The van der Waals surface area contributed by atoms with Gasteiger partial charge < -0.3 is 13.7 Å². The van der Waals surface area contributed by atoms with Crippen LogP contribution in [-0.2, 0) is 6.54 Å². The van der Waals surface area contributed by atoms with Crippen LogP contribution in [0.4, 0.5) is 0 Å². The fourth-order valence-electron chi connectivity index (χ4n) is 4.76. The molecule has 0 N–H and O–H groups in total. The van der Waals surface area contributed by atoms with Crippen LogP contribution in [0.5, 0.6) is 5.75 Å². The lowest BCUT2D eigenvalue weighted by Crippen LogP contribution is -2.19. The van der Waals surface area contributed by atoms with E-state index in [4.69, 9.17) is 9.15 Å². The fraction of sp³-hybridized carbons (Fsp3) is 0.346. The summed E-state index contributed by atoms with van der Waals surface area (Å²) in [7, 11) is 1.67. The van der Waals surface area contributed by atoms with Crippen molar-refractivity contribution in [3.63, 3.8) is 0 Å². The maximum atomic E-state index is 5.70. The van der Waals surface area contributed by atoms with Gasteiger partial charge in [0.15, 0.2) is 17.5 Å². The second kappa shape index (κ2) is 8.26. The van der Waals surface area contributed by atoms with E-state index < -0.39 is 0 Å². The molecule has 32 heavy (non-hydrogen) atoms. The van der Waals surface area contributed by atoms with Gasteiger partial charge in [-0.05, 0) is 42.0 Å². The largest absolute Gasteiger partial charge is 0.496 e. The van der Waals surface area contributed by atoms with E-state index in [0.717, 1.165) is 47.9 Å². The fourth-order valence-corrected chi connectivity index (χ4v) is 4.76. The van der Waals surface area contributed by atoms with Crippen molar-refractivity contribution in [1.29, 1.82) is 0 Å². The van der Waals surface area contributed by atoms with E-state index in [2.05, 4.69) is 63.9 Å². The Morgan fingerprint density at radius 3 is 2.72 bits per heavy atom. The van der Waals surface area contributed by atoms with E-state index >= 15 is 0 Å². The highest BCUT2D eigenvalue weighted by Gasteiger charge is 2.29. The molecule has 1 aliphatic heterocycles. The normalized spacial score (nSPS) is 15.7. The first-order chi connectivity index (χ1) is 15.6. The van der Waals surface area contributed by atoms with Crippen LogP contribution in [0.25, 0.3) is 22.7 Å². The average molecular weight is 429 g/mol. The summed E-state index contributed by atoms with van der Waals surface area (Å²) >= 11 is 0. The van der Waals surface area contributed by atoms with Crippen molar-refractivity contribution in [2.45, 2.75) is 52.0 Å². The summed E-state index contributed by atoms with van der Waals surface area (Å²) < 4.78 is 13.7. The van der Waals surface area contributed by atoms with Crippen LogP contribution in [0.2, 0.25) is 0 Å². The zero-order chi connectivity index (χ0) is 22.2. The molecule has 0 bridgehead atoms. The second-order valence-corrected chi connectivity index (χ2v) is 8.67. The molecule has 0 radical (unpaired) electrons. The lowest BCUT2D eigenvalue weighted by molar-refractivity contribution is 0.414. The SMILES string of the molecule is COc1cc(-c2nnc3n2CCCC3c2ccccc2C(C)C)ccc1-c1cnc(C)o1. The molecule has 0 amide bonds. The molecular weight excluding hydrogens is 400 g/mol. The molecule has 5 rings (SSSR count). The summed E-state index contributed by atoms with van der Waals surface area (Å²) in [5.41, 5.74) is 4.62. The summed E-state index contributed by atoms with van der Waals surface area (Å²) in [5.74, 6) is 4.72. The summed E-state index contributed by atoms with van der Waals surface area (Å²) in [5, 5.41) is 9.30. The Labute approximate surface area is 188 Å². The first-order valence-electron chi connectivity index (χ1n) is 11.2. The minimum Gasteiger partial charge on any atom is -0.496 e. The van der Waals surface area contributed by atoms with Gasteiger partial charge in [0.1, 0.15) is 11.6 Å². The third-order valence-corrected chi connectivity index (χ3v) is 6.31. The molecule has 164 valence electrons. The predicted octanol–water partition coefficient (Wildman–Crippen LogP) is 5.97. The highest BCUT2D eigenvalue weighted by molar-refractivity contribution is 5.71. The van der Waals surface area contributed by atoms with Crippen molar-refractivity contribution in [2.75, 3.05) is 7.11 Å². The quantitative estimate of drug-likeness (QED) is 0.392. The Morgan fingerprint density at radius 2 is 1.97 bits per heavy atom. The molecule has 1 unspecified atom stereocenters. The molecule has 1 atom stereocenters. The van der Waals surface area contributed by atoms with Crippen LogP contribution < -0.4 is 4.74 Å². The predicted molar refractivity (Wildman–Crippen MR) is 124 cm³/mol. The van der Waals surface area contributed by atoms with Gasteiger partial charge in [-0.3, -0.25) is 0 Å². The van der Waals surface area contributed by atoms with Gasteiger partial charge in [0, 0.05) is 24.9 Å². The highest BCUT2D eigenvalue weighted by atomic mass is 16.5. The summed E-state index contributed by atoms with van der Waals surface area (Å²) in [6.45, 7) is 7.26. The number of aromatic nitrogens is 4. The number of rotatable bonds is 5. The summed E-state index contributed by atoms with van der Waals surface area (Å²) in [4.78, 5) is 4.21. The molecule has 6 heteroatoms. The number of nitrogens with zero attached hydrogens (tertiary/aromatic N) is 4. The van der Waals surface area contributed by atoms with Crippen molar-refractivity contribution in [1.82, 2.24) is 19.7 Å². The Kier molecular flexibility index (Phi) is 5.29. The van der Waals surface area contributed by atoms with E-state index in [0.29, 0.717) is 17.6 Å². The molecule has 2 aromatic heterocycles. The summed E-state index contributed by atoms with van der Waals surface area (Å²) in [6, 6.07) is 14.8. The average Bonchev–Trinajstić information content (AvgIpc) is 3.44. The van der Waals surface area contributed by atoms with Gasteiger partial charge in [-0.2, -0.15) is 0 Å². The molecule has 4 aromatic rings. The van der Waals surface area contributed by atoms with Gasteiger partial charge in [-0.25, -0.2) is 4.98 Å². The van der Waals surface area contributed by atoms with Gasteiger partial charge in [0.2, 0.25) is 0 Å². The van der Waals surface area contributed by atoms with Crippen LogP contribution in [-0.4, -0.2) is 26.9 Å². The smallest absolute Gasteiger partial charge is 0.191 e. The molecule has 3 heterocycles. The number of benzene rings is 2. The number of methoxy groups -OCH3 is 1. The standard InChI is InChI=1S/C26H28N4O2/c1-16(2)19-8-5-6-9-20(19)21-10-7-13-30-25(28-29-26(21)30)18-11-12-22(23(14-18)31-4)24-15-27-17(3)32-24/h5-6,8-9,11-12,14-16,21H,7,10,13H2,1-4H3. The van der Waals surface area contributed by atoms with Crippen molar-refractivity contribution in [2.24, 2.45) is 0 Å². The lowest BCUT2D eigenvalue weighted by Gasteiger charge is -2.26. The Hall–Kier alpha value is -3.41. The third-order valence-electron chi connectivity index (χ3n) is 6.31. The van der Waals surface area contributed by atoms with Gasteiger partial charge in [-0.1, -0.05) is 44.2 Å². The number of hydrogen-bond acceptors (Lipinski definition) is 5. The number of ether oxygens (including phenoxy) is 1. The minimum absolute atomic E-state index is 0.266. The monoisotopic (exact) mass is 428 g/mol. The molecule has 0 fully saturated rings. The van der Waals surface area contributed by atoms with Crippen molar-refractivity contribution >= 4 is 0 Å². The Balaban J connectivity index is 1.55. The van der Waals surface area contributed by atoms with E-state index in [1.54, 1.807) is 13.3 Å². The third kappa shape index (κ3) is 3.49. The maximum absolute atomic E-state index is 5.70. The molecule has 0 spiro atoms. The van der Waals surface area contributed by atoms with Crippen LogP contribution >= 0.6 is 0 Å². The number of aryl methyl sites for hydroxylation is 1. The second-order valence-electron chi connectivity index (χ2n) is 8.67. The molecule has 0 saturated carbocycles. The molecule has 0 aliphatic carbocycles. The highest BCUT2D eigenvalue weighted by Crippen LogP contribution is 2.39. The Morgan fingerprint density at radius 1 is 1.12 bits per heavy atom. The molecule has 0 saturated heterocycles. The van der Waals surface area contributed by atoms with Crippen LogP contribution in [0, 0.1) is 6.92 Å². The van der Waals surface area contributed by atoms with E-state index in [-0.39, 0.29) is 5.92 Å². The van der Waals surface area contributed by atoms with Gasteiger partial charge in [0.25, 0.3) is 0 Å². The van der Waals surface area contributed by atoms with Gasteiger partial charge >= 0.3 is 0 Å². The molecule has 1 aliphatic rings. The molecule has 2 aromatic carbocycles. The number of oxazole rings is 1. The lowest BCUT2D eigenvalue weighted by atomic mass is 9.84. The zero-order valence-corrected chi connectivity index (χ0v) is 19.0. The van der Waals surface area contributed by atoms with Crippen LogP contribution in [0.15, 0.2) is 53.1 Å². The van der Waals surface area contributed by atoms with E-state index in [1.165, 1.54) is 11.1 Å². The van der Waals surface area contributed by atoms with Crippen LogP contribution in [0.3, 0.4) is 0 Å². The molecule has 6 nitrogen and oxygen atoms in total.